The molecule has 1 N–H and O–H groups in total. The van der Waals surface area contributed by atoms with Crippen LogP contribution < -0.4 is 5.32 Å². The molecule has 1 nitrogen and oxygen atoms in total. The van der Waals surface area contributed by atoms with E-state index in [1.807, 2.05) is 0 Å². The van der Waals surface area contributed by atoms with Crippen LogP contribution >= 0.6 is 0 Å². The van der Waals surface area contributed by atoms with Crippen molar-refractivity contribution in [1.82, 2.24) is 0 Å². The molecule has 2 rings (SSSR count). The minimum absolute atomic E-state index is 0.683. The Hall–Kier alpha value is -0.980. The molecule has 19 heavy (non-hydrogen) atoms. The first-order chi connectivity index (χ1) is 9.19. The third-order valence-corrected chi connectivity index (χ3v) is 4.54. The fourth-order valence-corrected chi connectivity index (χ4v) is 3.33. The first kappa shape index (κ1) is 14.4. The maximum Gasteiger partial charge on any atom is 0.0374 e. The van der Waals surface area contributed by atoms with E-state index in [9.17, 15) is 0 Å². The zero-order chi connectivity index (χ0) is 13.7. The van der Waals surface area contributed by atoms with Crippen molar-refractivity contribution in [2.45, 2.75) is 71.8 Å². The van der Waals surface area contributed by atoms with E-state index in [-0.39, 0.29) is 0 Å². The highest BCUT2D eigenvalue weighted by Gasteiger charge is 2.18. The molecule has 0 saturated heterocycles. The number of hydrogen-bond donors (Lipinski definition) is 1. The van der Waals surface area contributed by atoms with Gasteiger partial charge >= 0.3 is 0 Å². The van der Waals surface area contributed by atoms with E-state index < -0.39 is 0 Å². The molecule has 0 aliphatic heterocycles. The highest BCUT2D eigenvalue weighted by molar-refractivity contribution is 5.53. The Morgan fingerprint density at radius 2 is 1.95 bits per heavy atom. The summed E-state index contributed by atoms with van der Waals surface area (Å²) < 4.78 is 0. The van der Waals surface area contributed by atoms with Gasteiger partial charge in [-0.1, -0.05) is 44.7 Å². The Balaban J connectivity index is 1.94. The van der Waals surface area contributed by atoms with Crippen molar-refractivity contribution in [1.29, 1.82) is 0 Å². The summed E-state index contributed by atoms with van der Waals surface area (Å²) in [5, 5.41) is 3.79. The molecule has 1 aromatic carbocycles. The van der Waals surface area contributed by atoms with E-state index >= 15 is 0 Å². The smallest absolute Gasteiger partial charge is 0.0374 e. The molecule has 0 amide bonds. The molecule has 1 fully saturated rings. The van der Waals surface area contributed by atoms with Crippen molar-refractivity contribution < 1.29 is 0 Å². The van der Waals surface area contributed by atoms with Crippen LogP contribution in [-0.2, 0) is 0 Å². The topological polar surface area (TPSA) is 12.0 Å². The molecule has 1 aliphatic rings. The van der Waals surface area contributed by atoms with Gasteiger partial charge in [0.1, 0.15) is 0 Å². The van der Waals surface area contributed by atoms with Gasteiger partial charge < -0.3 is 5.32 Å². The van der Waals surface area contributed by atoms with Gasteiger partial charge in [-0.3, -0.25) is 0 Å². The average molecular weight is 259 g/mol. The largest absolute Gasteiger partial charge is 0.382 e. The number of nitrogens with one attached hydrogen (secondary N) is 1. The van der Waals surface area contributed by atoms with Crippen molar-refractivity contribution in [3.05, 3.63) is 29.3 Å². The van der Waals surface area contributed by atoms with Gasteiger partial charge in [0.05, 0.1) is 0 Å². The molecule has 1 aromatic rings. The van der Waals surface area contributed by atoms with Crippen LogP contribution in [0.15, 0.2) is 18.2 Å². The Kier molecular flexibility index (Phi) is 5.30. The van der Waals surface area contributed by atoms with E-state index in [1.54, 1.807) is 0 Å². The lowest BCUT2D eigenvalue weighted by Crippen LogP contribution is -2.19. The van der Waals surface area contributed by atoms with Gasteiger partial charge in [-0.2, -0.15) is 0 Å². The molecule has 0 aromatic heterocycles. The Morgan fingerprint density at radius 3 is 2.74 bits per heavy atom. The van der Waals surface area contributed by atoms with Crippen LogP contribution in [-0.4, -0.2) is 6.04 Å². The fourth-order valence-electron chi connectivity index (χ4n) is 3.33. The molecule has 1 heteroatoms. The van der Waals surface area contributed by atoms with Crippen LogP contribution in [0, 0.1) is 19.8 Å². The van der Waals surface area contributed by atoms with Crippen molar-refractivity contribution in [3.8, 4) is 0 Å². The quantitative estimate of drug-likeness (QED) is 0.707. The van der Waals surface area contributed by atoms with E-state index in [0.29, 0.717) is 6.04 Å². The molecule has 2 unspecified atom stereocenters. The number of aryl methyl sites for hydroxylation is 2. The summed E-state index contributed by atoms with van der Waals surface area (Å²) in [6, 6.07) is 7.41. The summed E-state index contributed by atoms with van der Waals surface area (Å²) in [5.41, 5.74) is 4.07. The van der Waals surface area contributed by atoms with Crippen molar-refractivity contribution >= 4 is 5.69 Å². The first-order valence-electron chi connectivity index (χ1n) is 8.03. The van der Waals surface area contributed by atoms with Crippen LogP contribution in [0.5, 0.6) is 0 Å². The predicted molar refractivity (Wildman–Crippen MR) is 84.8 cm³/mol. The third-order valence-electron chi connectivity index (χ3n) is 4.54. The van der Waals surface area contributed by atoms with Crippen molar-refractivity contribution in [2.75, 3.05) is 5.32 Å². The second-order valence-corrected chi connectivity index (χ2v) is 6.32. The minimum atomic E-state index is 0.683. The number of benzene rings is 1. The standard InChI is InChI=1S/C18H29N/c1-4-6-16-7-5-8-17(12-11-16)19-18-13-14(2)9-10-15(18)3/h9-10,13,16-17,19H,4-8,11-12H2,1-3H3. The number of rotatable bonds is 4. The Bertz CT molecular complexity index is 397. The predicted octanol–water partition coefficient (Wildman–Crippen LogP) is 5.46. The lowest BCUT2D eigenvalue weighted by Gasteiger charge is -2.20. The summed E-state index contributed by atoms with van der Waals surface area (Å²) in [7, 11) is 0. The molecular formula is C18H29N. The van der Waals surface area contributed by atoms with Crippen LogP contribution in [0.3, 0.4) is 0 Å². The molecule has 1 saturated carbocycles. The van der Waals surface area contributed by atoms with Gasteiger partial charge in [-0.05, 0) is 56.2 Å². The Labute approximate surface area is 118 Å². The second-order valence-electron chi connectivity index (χ2n) is 6.32. The zero-order valence-corrected chi connectivity index (χ0v) is 12.8. The molecule has 2 atom stereocenters. The monoisotopic (exact) mass is 259 g/mol. The number of hydrogen-bond acceptors (Lipinski definition) is 1. The molecule has 0 bridgehead atoms. The van der Waals surface area contributed by atoms with Crippen LogP contribution in [0.4, 0.5) is 5.69 Å². The first-order valence-corrected chi connectivity index (χ1v) is 8.03. The maximum atomic E-state index is 3.79. The van der Waals surface area contributed by atoms with E-state index in [4.69, 9.17) is 0 Å². The van der Waals surface area contributed by atoms with E-state index in [2.05, 4.69) is 44.3 Å². The van der Waals surface area contributed by atoms with Gasteiger partial charge in [0, 0.05) is 11.7 Å². The maximum absolute atomic E-state index is 3.79. The molecule has 106 valence electrons. The van der Waals surface area contributed by atoms with Crippen molar-refractivity contribution in [3.63, 3.8) is 0 Å². The van der Waals surface area contributed by atoms with Crippen LogP contribution in [0.25, 0.3) is 0 Å². The zero-order valence-electron chi connectivity index (χ0n) is 12.8. The van der Waals surface area contributed by atoms with Gasteiger partial charge in [0.25, 0.3) is 0 Å². The third kappa shape index (κ3) is 4.26. The Morgan fingerprint density at radius 1 is 1.11 bits per heavy atom. The number of anilines is 1. The normalized spacial score (nSPS) is 23.9. The summed E-state index contributed by atoms with van der Waals surface area (Å²) in [4.78, 5) is 0. The SMILES string of the molecule is CCCC1CCCC(Nc2cc(C)ccc2C)CC1. The van der Waals surface area contributed by atoms with Gasteiger partial charge in [0.15, 0.2) is 0 Å². The lowest BCUT2D eigenvalue weighted by atomic mass is 9.95. The fraction of sp³-hybridized carbons (Fsp3) is 0.667. The molecule has 0 spiro atoms. The highest BCUT2D eigenvalue weighted by atomic mass is 14.9. The van der Waals surface area contributed by atoms with Gasteiger partial charge in [-0.25, -0.2) is 0 Å². The van der Waals surface area contributed by atoms with Gasteiger partial charge in [-0.15, -0.1) is 0 Å². The van der Waals surface area contributed by atoms with E-state index in [0.717, 1.165) is 5.92 Å². The van der Waals surface area contributed by atoms with Crippen LogP contribution in [0.2, 0.25) is 0 Å². The van der Waals surface area contributed by atoms with Crippen molar-refractivity contribution in [2.24, 2.45) is 5.92 Å². The molecular weight excluding hydrogens is 230 g/mol. The molecule has 0 radical (unpaired) electrons. The summed E-state index contributed by atoms with van der Waals surface area (Å²) in [5.74, 6) is 0.982. The molecule has 1 aliphatic carbocycles. The van der Waals surface area contributed by atoms with Crippen LogP contribution in [0.1, 0.15) is 63.0 Å². The summed E-state index contributed by atoms with van der Waals surface area (Å²) in [6.07, 6.45) is 9.71. The summed E-state index contributed by atoms with van der Waals surface area (Å²) >= 11 is 0. The van der Waals surface area contributed by atoms with E-state index in [1.165, 1.54) is 61.8 Å². The summed E-state index contributed by atoms with van der Waals surface area (Å²) in [6.45, 7) is 6.70. The average Bonchev–Trinajstić information content (AvgIpc) is 2.60. The minimum Gasteiger partial charge on any atom is -0.382 e. The van der Waals surface area contributed by atoms with Gasteiger partial charge in [0.2, 0.25) is 0 Å². The second kappa shape index (κ2) is 6.98. The lowest BCUT2D eigenvalue weighted by molar-refractivity contribution is 0.422. The molecule has 0 heterocycles. The highest BCUT2D eigenvalue weighted by Crippen LogP contribution is 2.29.